The Morgan fingerprint density at radius 3 is 2.41 bits per heavy atom. The summed E-state index contributed by atoms with van der Waals surface area (Å²) in [5.41, 5.74) is -0.00963. The summed E-state index contributed by atoms with van der Waals surface area (Å²) in [7, 11) is 0. The summed E-state index contributed by atoms with van der Waals surface area (Å²) in [5.74, 6) is 0.853. The number of carbonyl (C=O) groups is 2. The summed E-state index contributed by atoms with van der Waals surface area (Å²) >= 11 is 5.64. The summed E-state index contributed by atoms with van der Waals surface area (Å²) in [6, 6.07) is 3.96. The number of halogens is 2. The molecule has 1 aromatic rings. The van der Waals surface area contributed by atoms with Gasteiger partial charge in [-0.15, -0.1) is 6.42 Å². The summed E-state index contributed by atoms with van der Waals surface area (Å²) in [6.45, 7) is 8.87. The minimum atomic E-state index is -0.646. The molecule has 1 fully saturated rings. The topological polar surface area (TPSA) is 49.4 Å². The van der Waals surface area contributed by atoms with Crippen LogP contribution in [0.5, 0.6) is 0 Å². The van der Waals surface area contributed by atoms with Crippen molar-refractivity contribution in [2.75, 3.05) is 6.54 Å². The summed E-state index contributed by atoms with van der Waals surface area (Å²) in [5, 5.41) is 2.84. The van der Waals surface area contributed by atoms with Gasteiger partial charge in [-0.1, -0.05) is 23.6 Å². The number of nitrogens with zero attached hydrogens (tertiary/aromatic N) is 1. The van der Waals surface area contributed by atoms with E-state index in [2.05, 4.69) is 43.8 Å². The number of piperidine rings is 1. The standard InChI is InChI=1S/C21H26ClFN2O2/c1-6-9-25-20(2,3)12-15(13-21(25,4)5)24-19(27)18(26)11-14-7-8-16(22)17(23)10-14/h1,7-8,10,15H,9,11-13H2,2-5H3,(H,24,27). The van der Waals surface area contributed by atoms with Crippen LogP contribution in [-0.2, 0) is 16.0 Å². The highest BCUT2D eigenvalue weighted by atomic mass is 35.5. The molecule has 1 saturated heterocycles. The van der Waals surface area contributed by atoms with Crippen molar-refractivity contribution < 1.29 is 14.0 Å². The number of carbonyl (C=O) groups excluding carboxylic acids is 2. The Bertz CT molecular complexity index is 765. The Morgan fingerprint density at radius 1 is 1.30 bits per heavy atom. The van der Waals surface area contributed by atoms with Crippen LogP contribution in [0.1, 0.15) is 46.1 Å². The fraction of sp³-hybridized carbons (Fsp3) is 0.524. The Kier molecular flexibility index (Phi) is 6.34. The van der Waals surface area contributed by atoms with Crippen molar-refractivity contribution in [1.82, 2.24) is 10.2 Å². The molecule has 0 spiro atoms. The predicted molar refractivity (Wildman–Crippen MR) is 105 cm³/mol. The second kappa shape index (κ2) is 8.00. The van der Waals surface area contributed by atoms with Crippen molar-refractivity contribution in [2.24, 2.45) is 0 Å². The number of terminal acetylenes is 1. The Hall–Kier alpha value is -1.90. The van der Waals surface area contributed by atoms with Gasteiger partial charge in [-0.3, -0.25) is 14.5 Å². The lowest BCUT2D eigenvalue weighted by atomic mass is 9.77. The lowest BCUT2D eigenvalue weighted by Crippen LogP contribution is -2.64. The Labute approximate surface area is 165 Å². The zero-order valence-electron chi connectivity index (χ0n) is 16.2. The van der Waals surface area contributed by atoms with Crippen LogP contribution < -0.4 is 5.32 Å². The Balaban J connectivity index is 2.03. The van der Waals surface area contributed by atoms with Crippen LogP contribution in [0.2, 0.25) is 5.02 Å². The number of Topliss-reactive ketones (excluding diaryl/α,β-unsaturated/α-hetero) is 1. The molecule has 1 N–H and O–H groups in total. The van der Waals surface area contributed by atoms with Crippen LogP contribution in [0.25, 0.3) is 0 Å². The molecule has 146 valence electrons. The van der Waals surface area contributed by atoms with Crippen molar-refractivity contribution in [3.63, 3.8) is 0 Å². The van der Waals surface area contributed by atoms with E-state index in [-0.39, 0.29) is 28.6 Å². The lowest BCUT2D eigenvalue weighted by Gasteiger charge is -2.54. The van der Waals surface area contributed by atoms with Gasteiger partial charge < -0.3 is 5.32 Å². The third-order valence-electron chi connectivity index (χ3n) is 5.14. The Morgan fingerprint density at radius 2 is 1.89 bits per heavy atom. The smallest absolute Gasteiger partial charge is 0.287 e. The molecule has 1 aliphatic rings. The van der Waals surface area contributed by atoms with E-state index in [0.717, 1.165) is 0 Å². The fourth-order valence-electron chi connectivity index (χ4n) is 4.12. The van der Waals surface area contributed by atoms with Crippen molar-refractivity contribution in [3.05, 3.63) is 34.6 Å². The van der Waals surface area contributed by atoms with Gasteiger partial charge in [-0.25, -0.2) is 4.39 Å². The van der Waals surface area contributed by atoms with E-state index >= 15 is 0 Å². The van der Waals surface area contributed by atoms with E-state index in [9.17, 15) is 14.0 Å². The maximum Gasteiger partial charge on any atom is 0.287 e. The molecule has 4 nitrogen and oxygen atoms in total. The first-order chi connectivity index (χ1) is 12.5. The molecule has 2 rings (SSSR count). The number of hydrogen-bond donors (Lipinski definition) is 1. The van der Waals surface area contributed by atoms with Crippen LogP contribution in [-0.4, -0.2) is 40.3 Å². The molecule has 0 unspecified atom stereocenters. The minimum absolute atomic E-state index is 0.0150. The van der Waals surface area contributed by atoms with Crippen LogP contribution in [0.15, 0.2) is 18.2 Å². The molecule has 0 aromatic heterocycles. The number of hydrogen-bond acceptors (Lipinski definition) is 3. The number of rotatable bonds is 5. The molecule has 27 heavy (non-hydrogen) atoms. The van der Waals surface area contributed by atoms with Gasteiger partial charge in [0.1, 0.15) is 5.82 Å². The van der Waals surface area contributed by atoms with Crippen LogP contribution >= 0.6 is 11.6 Å². The molecule has 0 aliphatic carbocycles. The van der Waals surface area contributed by atoms with Crippen LogP contribution in [0, 0.1) is 18.2 Å². The van der Waals surface area contributed by atoms with E-state index in [1.165, 1.54) is 12.1 Å². The van der Waals surface area contributed by atoms with Gasteiger partial charge in [-0.05, 0) is 58.2 Å². The monoisotopic (exact) mass is 392 g/mol. The summed E-state index contributed by atoms with van der Waals surface area (Å²) in [6.07, 6.45) is 6.72. The summed E-state index contributed by atoms with van der Waals surface area (Å²) < 4.78 is 13.5. The van der Waals surface area contributed by atoms with E-state index in [0.29, 0.717) is 24.9 Å². The average molecular weight is 393 g/mol. The van der Waals surface area contributed by atoms with Gasteiger partial charge in [0, 0.05) is 23.5 Å². The molecule has 0 saturated carbocycles. The van der Waals surface area contributed by atoms with Gasteiger partial charge in [0.25, 0.3) is 5.91 Å². The van der Waals surface area contributed by atoms with E-state index in [1.807, 2.05) is 0 Å². The first-order valence-electron chi connectivity index (χ1n) is 8.95. The third-order valence-corrected chi connectivity index (χ3v) is 5.45. The highest BCUT2D eigenvalue weighted by Gasteiger charge is 2.45. The average Bonchev–Trinajstić information content (AvgIpc) is 2.53. The lowest BCUT2D eigenvalue weighted by molar-refractivity contribution is -0.139. The minimum Gasteiger partial charge on any atom is -0.347 e. The molecule has 0 bridgehead atoms. The molecule has 6 heteroatoms. The first-order valence-corrected chi connectivity index (χ1v) is 9.33. The molecular formula is C21H26ClFN2O2. The van der Waals surface area contributed by atoms with Crippen molar-refractivity contribution in [2.45, 2.75) is 64.1 Å². The third kappa shape index (κ3) is 5.09. The largest absolute Gasteiger partial charge is 0.347 e. The molecule has 1 aromatic carbocycles. The number of likely N-dealkylation sites (tertiary alicyclic amines) is 1. The zero-order chi connectivity index (χ0) is 20.4. The maximum absolute atomic E-state index is 13.5. The van der Waals surface area contributed by atoms with Gasteiger partial charge in [0.15, 0.2) is 0 Å². The van der Waals surface area contributed by atoms with E-state index in [1.54, 1.807) is 6.07 Å². The second-order valence-electron chi connectivity index (χ2n) is 8.34. The van der Waals surface area contributed by atoms with Crippen LogP contribution in [0.3, 0.4) is 0 Å². The zero-order valence-corrected chi connectivity index (χ0v) is 17.0. The molecule has 0 atom stereocenters. The normalized spacial score (nSPS) is 19.3. The number of ketones is 1. The van der Waals surface area contributed by atoms with Crippen molar-refractivity contribution >= 4 is 23.3 Å². The highest BCUT2D eigenvalue weighted by Crippen LogP contribution is 2.38. The maximum atomic E-state index is 13.5. The van der Waals surface area contributed by atoms with Crippen LogP contribution in [0.4, 0.5) is 4.39 Å². The molecule has 1 amide bonds. The van der Waals surface area contributed by atoms with E-state index < -0.39 is 17.5 Å². The molecular weight excluding hydrogens is 367 g/mol. The highest BCUT2D eigenvalue weighted by molar-refractivity contribution is 6.36. The fourth-order valence-corrected chi connectivity index (χ4v) is 4.24. The summed E-state index contributed by atoms with van der Waals surface area (Å²) in [4.78, 5) is 26.9. The molecule has 1 aliphatic heterocycles. The van der Waals surface area contributed by atoms with Gasteiger partial charge in [-0.2, -0.15) is 0 Å². The number of nitrogens with one attached hydrogen (secondary N) is 1. The van der Waals surface area contributed by atoms with Gasteiger partial charge in [0.2, 0.25) is 5.78 Å². The predicted octanol–water partition coefficient (Wildman–Crippen LogP) is 3.36. The van der Waals surface area contributed by atoms with E-state index in [4.69, 9.17) is 18.0 Å². The molecule has 0 radical (unpaired) electrons. The molecule has 1 heterocycles. The number of amides is 1. The number of benzene rings is 1. The van der Waals surface area contributed by atoms with Crippen molar-refractivity contribution in [1.29, 1.82) is 0 Å². The van der Waals surface area contributed by atoms with Gasteiger partial charge in [0.05, 0.1) is 11.6 Å². The SMILES string of the molecule is C#CCN1C(C)(C)CC(NC(=O)C(=O)Cc2ccc(Cl)c(F)c2)CC1(C)C. The second-order valence-corrected chi connectivity index (χ2v) is 8.75. The quantitative estimate of drug-likeness (QED) is 0.617. The first kappa shape index (κ1) is 21.4. The van der Waals surface area contributed by atoms with Crippen molar-refractivity contribution in [3.8, 4) is 12.3 Å². The van der Waals surface area contributed by atoms with Gasteiger partial charge >= 0.3 is 0 Å².